The van der Waals surface area contributed by atoms with Gasteiger partial charge in [-0.15, -0.1) is 0 Å². The number of carbonyl (C=O) groups is 1. The minimum Gasteiger partial charge on any atom is -0.428 e. The van der Waals surface area contributed by atoms with Crippen LogP contribution in [0.2, 0.25) is 0 Å². The van der Waals surface area contributed by atoms with E-state index >= 15 is 0 Å². The number of hydrogen-bond donors (Lipinski definition) is 0. The van der Waals surface area contributed by atoms with Crippen molar-refractivity contribution < 1.29 is 14.3 Å². The van der Waals surface area contributed by atoms with Crippen molar-refractivity contribution in [2.45, 2.75) is 104 Å². The van der Waals surface area contributed by atoms with Crippen LogP contribution in [0, 0.1) is 0 Å². The zero-order chi connectivity index (χ0) is 15.6. The maximum absolute atomic E-state index is 12.1. The summed E-state index contributed by atoms with van der Waals surface area (Å²) in [6, 6.07) is 0. The highest BCUT2D eigenvalue weighted by Crippen LogP contribution is 2.27. The Morgan fingerprint density at radius 1 is 0.800 bits per heavy atom. The van der Waals surface area contributed by atoms with Gasteiger partial charge in [0.05, 0.1) is 0 Å². The Kier molecular flexibility index (Phi) is 8.91. The number of ether oxygens (including phenoxy) is 2. The maximum Gasteiger partial charge on any atom is 0.509 e. The van der Waals surface area contributed by atoms with E-state index in [-0.39, 0.29) is 0 Å². The number of hydrogen-bond acceptors (Lipinski definition) is 3. The molecule has 0 N–H and O–H groups in total. The predicted molar refractivity (Wildman–Crippen MR) is 84.0 cm³/mol. The summed E-state index contributed by atoms with van der Waals surface area (Å²) in [5, 5.41) is 0. The average Bonchev–Trinajstić information content (AvgIpc) is 2.42. The molecule has 0 saturated heterocycles. The predicted octanol–water partition coefficient (Wildman–Crippen LogP) is 5.86. The second kappa shape index (κ2) is 9.25. The lowest BCUT2D eigenvalue weighted by molar-refractivity contribution is -0.0785. The van der Waals surface area contributed by atoms with E-state index in [0.717, 1.165) is 51.4 Å². The molecule has 0 spiro atoms. The minimum atomic E-state index is -0.508. The highest BCUT2D eigenvalue weighted by Gasteiger charge is 2.32. The van der Waals surface area contributed by atoms with E-state index in [4.69, 9.17) is 9.47 Å². The van der Waals surface area contributed by atoms with Crippen molar-refractivity contribution in [2.75, 3.05) is 0 Å². The lowest BCUT2D eigenvalue weighted by atomic mass is 9.95. The first-order valence-corrected chi connectivity index (χ1v) is 8.26. The van der Waals surface area contributed by atoms with E-state index in [9.17, 15) is 4.79 Å². The molecule has 20 heavy (non-hydrogen) atoms. The lowest BCUT2D eigenvalue weighted by Crippen LogP contribution is -2.37. The molecule has 0 aliphatic heterocycles. The SMILES string of the molecule is CCCCC(C)(CC)OC(=O)OC(C)(CC)CCCC. The van der Waals surface area contributed by atoms with E-state index in [1.54, 1.807) is 0 Å². The van der Waals surface area contributed by atoms with E-state index < -0.39 is 17.4 Å². The summed E-state index contributed by atoms with van der Waals surface area (Å²) < 4.78 is 11.2. The molecule has 3 nitrogen and oxygen atoms in total. The molecule has 0 rings (SSSR count). The Bertz CT molecular complexity index is 251. The molecule has 120 valence electrons. The number of rotatable bonds is 10. The van der Waals surface area contributed by atoms with Crippen LogP contribution in [0.4, 0.5) is 4.79 Å². The van der Waals surface area contributed by atoms with Crippen LogP contribution in [-0.2, 0) is 9.47 Å². The Morgan fingerprint density at radius 2 is 1.15 bits per heavy atom. The maximum atomic E-state index is 12.1. The first kappa shape index (κ1) is 19.3. The topological polar surface area (TPSA) is 35.5 Å². The standard InChI is InChI=1S/C17H34O3/c1-7-11-13-16(5,9-3)19-15(18)20-17(6,10-4)14-12-8-2/h7-14H2,1-6H3. The van der Waals surface area contributed by atoms with Crippen molar-refractivity contribution >= 4 is 6.16 Å². The van der Waals surface area contributed by atoms with Crippen molar-refractivity contribution in [1.29, 1.82) is 0 Å². The molecule has 0 aromatic carbocycles. The number of unbranched alkanes of at least 4 members (excludes halogenated alkanes) is 2. The normalized spacial score (nSPS) is 17.1. The second-order valence-corrected chi connectivity index (χ2v) is 6.27. The first-order chi connectivity index (χ1) is 9.34. The van der Waals surface area contributed by atoms with Crippen molar-refractivity contribution in [3.05, 3.63) is 0 Å². The summed E-state index contributed by atoms with van der Waals surface area (Å²) in [5.74, 6) is 0. The van der Waals surface area contributed by atoms with Gasteiger partial charge in [0.25, 0.3) is 0 Å². The summed E-state index contributed by atoms with van der Waals surface area (Å²) in [6.45, 7) is 12.4. The first-order valence-electron chi connectivity index (χ1n) is 8.26. The summed E-state index contributed by atoms with van der Waals surface area (Å²) >= 11 is 0. The molecule has 3 heteroatoms. The molecule has 0 aromatic heterocycles. The third kappa shape index (κ3) is 7.16. The van der Waals surface area contributed by atoms with E-state index in [1.165, 1.54) is 0 Å². The Balaban J connectivity index is 4.49. The highest BCUT2D eigenvalue weighted by molar-refractivity contribution is 5.61. The van der Waals surface area contributed by atoms with Gasteiger partial charge >= 0.3 is 6.16 Å². The highest BCUT2D eigenvalue weighted by atomic mass is 16.7. The van der Waals surface area contributed by atoms with E-state index in [0.29, 0.717) is 0 Å². The third-order valence-corrected chi connectivity index (χ3v) is 4.27. The fourth-order valence-electron chi connectivity index (χ4n) is 2.12. The Morgan fingerprint density at radius 3 is 1.40 bits per heavy atom. The molecule has 0 amide bonds. The molecule has 0 aliphatic carbocycles. The van der Waals surface area contributed by atoms with Gasteiger partial charge < -0.3 is 9.47 Å². The fraction of sp³-hybridized carbons (Fsp3) is 0.941. The van der Waals surface area contributed by atoms with Gasteiger partial charge in [0.15, 0.2) is 0 Å². The van der Waals surface area contributed by atoms with Gasteiger partial charge in [0, 0.05) is 0 Å². The largest absolute Gasteiger partial charge is 0.509 e. The van der Waals surface area contributed by atoms with Crippen LogP contribution in [-0.4, -0.2) is 17.4 Å². The molecular weight excluding hydrogens is 252 g/mol. The van der Waals surface area contributed by atoms with Crippen molar-refractivity contribution in [2.24, 2.45) is 0 Å². The molecule has 2 atom stereocenters. The van der Waals surface area contributed by atoms with Gasteiger partial charge in [0.1, 0.15) is 11.2 Å². The van der Waals surface area contributed by atoms with Crippen LogP contribution in [0.5, 0.6) is 0 Å². The minimum absolute atomic E-state index is 0.396. The Hall–Kier alpha value is -0.730. The molecule has 0 aliphatic rings. The van der Waals surface area contributed by atoms with E-state index in [2.05, 4.69) is 27.7 Å². The van der Waals surface area contributed by atoms with Gasteiger partial charge in [-0.1, -0.05) is 40.5 Å². The monoisotopic (exact) mass is 286 g/mol. The summed E-state index contributed by atoms with van der Waals surface area (Å²) in [5.41, 5.74) is -0.793. The summed E-state index contributed by atoms with van der Waals surface area (Å²) in [4.78, 5) is 12.1. The summed E-state index contributed by atoms with van der Waals surface area (Å²) in [6.07, 6.45) is 7.27. The van der Waals surface area contributed by atoms with Gasteiger partial charge in [0.2, 0.25) is 0 Å². The average molecular weight is 286 g/mol. The van der Waals surface area contributed by atoms with Gasteiger partial charge in [-0.05, 0) is 52.4 Å². The van der Waals surface area contributed by atoms with Crippen LogP contribution >= 0.6 is 0 Å². The molecule has 0 bridgehead atoms. The lowest BCUT2D eigenvalue weighted by Gasteiger charge is -2.32. The van der Waals surface area contributed by atoms with Crippen molar-refractivity contribution in [3.63, 3.8) is 0 Å². The fourth-order valence-corrected chi connectivity index (χ4v) is 2.12. The molecular formula is C17H34O3. The third-order valence-electron chi connectivity index (χ3n) is 4.27. The molecule has 0 fully saturated rings. The Labute approximate surface area is 125 Å². The molecule has 0 saturated carbocycles. The molecule has 0 heterocycles. The van der Waals surface area contributed by atoms with Gasteiger partial charge in [-0.2, -0.15) is 0 Å². The summed E-state index contributed by atoms with van der Waals surface area (Å²) in [7, 11) is 0. The van der Waals surface area contributed by atoms with Gasteiger partial charge in [-0.3, -0.25) is 0 Å². The molecule has 0 radical (unpaired) electrons. The quantitative estimate of drug-likeness (QED) is 0.472. The van der Waals surface area contributed by atoms with Crippen LogP contribution in [0.15, 0.2) is 0 Å². The zero-order valence-electron chi connectivity index (χ0n) is 14.4. The van der Waals surface area contributed by atoms with Crippen LogP contribution < -0.4 is 0 Å². The van der Waals surface area contributed by atoms with Crippen molar-refractivity contribution in [1.82, 2.24) is 0 Å². The smallest absolute Gasteiger partial charge is 0.428 e. The van der Waals surface area contributed by atoms with Crippen LogP contribution in [0.3, 0.4) is 0 Å². The van der Waals surface area contributed by atoms with Crippen LogP contribution in [0.1, 0.15) is 92.9 Å². The molecule has 0 aromatic rings. The van der Waals surface area contributed by atoms with Crippen LogP contribution in [0.25, 0.3) is 0 Å². The number of carbonyl (C=O) groups excluding carboxylic acids is 1. The second-order valence-electron chi connectivity index (χ2n) is 6.27. The van der Waals surface area contributed by atoms with E-state index in [1.807, 2.05) is 13.8 Å². The van der Waals surface area contributed by atoms with Crippen molar-refractivity contribution in [3.8, 4) is 0 Å². The molecule has 2 unspecified atom stereocenters. The van der Waals surface area contributed by atoms with Gasteiger partial charge in [-0.25, -0.2) is 4.79 Å². The zero-order valence-corrected chi connectivity index (χ0v) is 14.4.